The molecule has 0 saturated heterocycles. The van der Waals surface area contributed by atoms with Crippen molar-refractivity contribution in [3.05, 3.63) is 28.7 Å². The van der Waals surface area contributed by atoms with E-state index < -0.39 is 0 Å². The molecule has 2 nitrogen and oxygen atoms in total. The van der Waals surface area contributed by atoms with Gasteiger partial charge in [0.05, 0.1) is 5.60 Å². The molecule has 1 aromatic carbocycles. The minimum Gasteiger partial charge on any atom is -0.379 e. The molecule has 2 N–H and O–H groups in total. The Labute approximate surface area is 123 Å². The van der Waals surface area contributed by atoms with Gasteiger partial charge in [0.2, 0.25) is 0 Å². The number of halogens is 1. The van der Waals surface area contributed by atoms with Crippen molar-refractivity contribution in [2.75, 3.05) is 12.9 Å². The standard InChI is InChI=1S/C14H22BrNOS/c1-14(2,17-3)8-7-12(16)10-18-13-6-4-5-11(15)9-13/h4-6,9,12H,7-8,10,16H2,1-3H3. The van der Waals surface area contributed by atoms with E-state index in [4.69, 9.17) is 10.5 Å². The third kappa shape index (κ3) is 6.23. The van der Waals surface area contributed by atoms with E-state index >= 15 is 0 Å². The van der Waals surface area contributed by atoms with Crippen LogP contribution in [0, 0.1) is 0 Å². The quantitative estimate of drug-likeness (QED) is 0.765. The summed E-state index contributed by atoms with van der Waals surface area (Å²) in [7, 11) is 1.75. The summed E-state index contributed by atoms with van der Waals surface area (Å²) in [5.74, 6) is 0.941. The van der Waals surface area contributed by atoms with Crippen LogP contribution in [0.5, 0.6) is 0 Å². The monoisotopic (exact) mass is 331 g/mol. The lowest BCUT2D eigenvalue weighted by Crippen LogP contribution is -2.29. The van der Waals surface area contributed by atoms with Gasteiger partial charge in [0.25, 0.3) is 0 Å². The van der Waals surface area contributed by atoms with E-state index in [-0.39, 0.29) is 11.6 Å². The van der Waals surface area contributed by atoms with Crippen LogP contribution in [0.15, 0.2) is 33.6 Å². The predicted molar refractivity (Wildman–Crippen MR) is 83.2 cm³/mol. The van der Waals surface area contributed by atoms with Gasteiger partial charge in [-0.25, -0.2) is 0 Å². The fourth-order valence-corrected chi connectivity index (χ4v) is 2.99. The minimum atomic E-state index is -0.0714. The zero-order valence-electron chi connectivity index (χ0n) is 11.3. The van der Waals surface area contributed by atoms with Gasteiger partial charge in [0.1, 0.15) is 0 Å². The van der Waals surface area contributed by atoms with E-state index in [1.165, 1.54) is 4.90 Å². The number of ether oxygens (including phenoxy) is 1. The second kappa shape index (κ2) is 7.53. The highest BCUT2D eigenvalue weighted by Crippen LogP contribution is 2.24. The predicted octanol–water partition coefficient (Wildman–Crippen LogP) is 4.07. The molecule has 4 heteroatoms. The second-order valence-electron chi connectivity index (χ2n) is 5.03. The summed E-state index contributed by atoms with van der Waals surface area (Å²) >= 11 is 5.28. The minimum absolute atomic E-state index is 0.0714. The maximum Gasteiger partial charge on any atom is 0.0623 e. The summed E-state index contributed by atoms with van der Waals surface area (Å²) in [6.45, 7) is 4.20. The summed E-state index contributed by atoms with van der Waals surface area (Å²) in [5, 5.41) is 0. The molecule has 0 saturated carbocycles. The molecule has 102 valence electrons. The van der Waals surface area contributed by atoms with E-state index in [0.29, 0.717) is 0 Å². The highest BCUT2D eigenvalue weighted by molar-refractivity contribution is 9.10. The van der Waals surface area contributed by atoms with Crippen LogP contribution >= 0.6 is 27.7 Å². The Hall–Kier alpha value is -0.0300. The van der Waals surface area contributed by atoms with Gasteiger partial charge in [-0.2, -0.15) is 0 Å². The van der Waals surface area contributed by atoms with Crippen molar-refractivity contribution in [3.8, 4) is 0 Å². The molecule has 0 aliphatic carbocycles. The van der Waals surface area contributed by atoms with Gasteiger partial charge in [-0.3, -0.25) is 0 Å². The molecule has 0 fully saturated rings. The number of nitrogens with two attached hydrogens (primary N) is 1. The van der Waals surface area contributed by atoms with Gasteiger partial charge >= 0.3 is 0 Å². The first-order valence-electron chi connectivity index (χ1n) is 6.12. The van der Waals surface area contributed by atoms with E-state index in [2.05, 4.69) is 41.9 Å². The molecule has 1 atom stereocenters. The number of hydrogen-bond donors (Lipinski definition) is 1. The summed E-state index contributed by atoms with van der Waals surface area (Å²) in [5.41, 5.74) is 6.06. The highest BCUT2D eigenvalue weighted by atomic mass is 79.9. The van der Waals surface area contributed by atoms with Gasteiger partial charge in [-0.15, -0.1) is 11.8 Å². The molecule has 0 aliphatic heterocycles. The number of benzene rings is 1. The van der Waals surface area contributed by atoms with Crippen molar-refractivity contribution in [3.63, 3.8) is 0 Å². The topological polar surface area (TPSA) is 35.2 Å². The normalized spacial score (nSPS) is 13.6. The van der Waals surface area contributed by atoms with Crippen molar-refractivity contribution >= 4 is 27.7 Å². The van der Waals surface area contributed by atoms with Crippen molar-refractivity contribution in [1.82, 2.24) is 0 Å². The Morgan fingerprint density at radius 3 is 2.78 bits per heavy atom. The molecule has 0 heterocycles. The third-order valence-corrected chi connectivity index (χ3v) is 4.61. The average molecular weight is 332 g/mol. The first kappa shape index (κ1) is 16.0. The van der Waals surface area contributed by atoms with E-state index in [1.54, 1.807) is 18.9 Å². The van der Waals surface area contributed by atoms with Crippen molar-refractivity contribution in [2.45, 2.75) is 43.2 Å². The lowest BCUT2D eigenvalue weighted by molar-refractivity contribution is 0.0129. The van der Waals surface area contributed by atoms with Crippen molar-refractivity contribution in [2.24, 2.45) is 5.73 Å². The van der Waals surface area contributed by atoms with Gasteiger partial charge in [0, 0.05) is 28.3 Å². The Bertz CT molecular complexity index is 371. The van der Waals surface area contributed by atoms with Crippen molar-refractivity contribution < 1.29 is 4.74 Å². The van der Waals surface area contributed by atoms with Crippen LogP contribution in [0.25, 0.3) is 0 Å². The average Bonchev–Trinajstić information content (AvgIpc) is 2.34. The summed E-state index contributed by atoms with van der Waals surface area (Å²) in [6, 6.07) is 8.53. The third-order valence-electron chi connectivity index (χ3n) is 2.93. The first-order valence-corrected chi connectivity index (χ1v) is 7.90. The maximum absolute atomic E-state index is 6.13. The van der Waals surface area contributed by atoms with Gasteiger partial charge < -0.3 is 10.5 Å². The zero-order valence-corrected chi connectivity index (χ0v) is 13.7. The molecule has 0 spiro atoms. The largest absolute Gasteiger partial charge is 0.379 e. The molecule has 0 bridgehead atoms. The molecule has 0 aliphatic rings. The van der Waals surface area contributed by atoms with Crippen molar-refractivity contribution in [1.29, 1.82) is 0 Å². The zero-order chi connectivity index (χ0) is 13.6. The molecule has 0 aromatic heterocycles. The van der Waals surface area contributed by atoms with Crippen LogP contribution < -0.4 is 5.73 Å². The highest BCUT2D eigenvalue weighted by Gasteiger charge is 2.17. The first-order chi connectivity index (χ1) is 8.43. The molecule has 1 unspecified atom stereocenters. The Morgan fingerprint density at radius 1 is 1.44 bits per heavy atom. The summed E-state index contributed by atoms with van der Waals surface area (Å²) < 4.78 is 6.51. The lowest BCUT2D eigenvalue weighted by Gasteiger charge is -2.24. The fraction of sp³-hybridized carbons (Fsp3) is 0.571. The molecule has 0 radical (unpaired) electrons. The number of thioether (sulfide) groups is 1. The van der Waals surface area contributed by atoms with Crippen LogP contribution in [-0.2, 0) is 4.74 Å². The van der Waals surface area contributed by atoms with E-state index in [9.17, 15) is 0 Å². The van der Waals surface area contributed by atoms with Crippen LogP contribution in [-0.4, -0.2) is 24.5 Å². The Morgan fingerprint density at radius 2 is 2.17 bits per heavy atom. The van der Waals surface area contributed by atoms with E-state index in [0.717, 1.165) is 23.1 Å². The molecule has 0 amide bonds. The number of hydrogen-bond acceptors (Lipinski definition) is 3. The summed E-state index contributed by atoms with van der Waals surface area (Å²) in [6.07, 6.45) is 1.98. The Kier molecular flexibility index (Phi) is 6.71. The Balaban J connectivity index is 2.31. The maximum atomic E-state index is 6.13. The number of methoxy groups -OCH3 is 1. The summed E-state index contributed by atoms with van der Waals surface area (Å²) in [4.78, 5) is 1.26. The second-order valence-corrected chi connectivity index (χ2v) is 7.04. The van der Waals surface area contributed by atoms with Crippen LogP contribution in [0.3, 0.4) is 0 Å². The molecular weight excluding hydrogens is 310 g/mol. The van der Waals surface area contributed by atoms with Gasteiger partial charge in [-0.05, 0) is 44.9 Å². The smallest absolute Gasteiger partial charge is 0.0623 e. The van der Waals surface area contributed by atoms with Gasteiger partial charge in [0.15, 0.2) is 0 Å². The molecule has 18 heavy (non-hydrogen) atoms. The van der Waals surface area contributed by atoms with E-state index in [1.807, 2.05) is 12.1 Å². The van der Waals surface area contributed by atoms with Crippen LogP contribution in [0.2, 0.25) is 0 Å². The van der Waals surface area contributed by atoms with Crippen LogP contribution in [0.4, 0.5) is 0 Å². The molecule has 1 aromatic rings. The molecular formula is C14H22BrNOS. The fourth-order valence-electron chi connectivity index (χ4n) is 1.48. The molecule has 1 rings (SSSR count). The number of rotatable bonds is 7. The SMILES string of the molecule is COC(C)(C)CCC(N)CSc1cccc(Br)c1. The lowest BCUT2D eigenvalue weighted by atomic mass is 10.00. The van der Waals surface area contributed by atoms with Crippen LogP contribution in [0.1, 0.15) is 26.7 Å². The van der Waals surface area contributed by atoms with Gasteiger partial charge in [-0.1, -0.05) is 22.0 Å².